The van der Waals surface area contributed by atoms with Gasteiger partial charge in [0.15, 0.2) is 0 Å². The van der Waals surface area contributed by atoms with E-state index >= 15 is 0 Å². The van der Waals surface area contributed by atoms with Crippen molar-refractivity contribution in [1.82, 2.24) is 4.98 Å². The summed E-state index contributed by atoms with van der Waals surface area (Å²) in [5, 5.41) is 13.6. The lowest BCUT2D eigenvalue weighted by molar-refractivity contribution is 0.226. The molecule has 4 heteroatoms. The van der Waals surface area contributed by atoms with Gasteiger partial charge in [0.05, 0.1) is 23.1 Å². The first-order valence-corrected chi connectivity index (χ1v) is 6.14. The first kappa shape index (κ1) is 12.6. The van der Waals surface area contributed by atoms with Gasteiger partial charge < -0.3 is 16.2 Å². The summed E-state index contributed by atoms with van der Waals surface area (Å²) in [6.07, 6.45) is 1.67. The lowest BCUT2D eigenvalue weighted by Crippen LogP contribution is -2.26. The quantitative estimate of drug-likeness (QED) is 0.772. The molecule has 2 atom stereocenters. The first-order chi connectivity index (χ1) is 8.63. The van der Waals surface area contributed by atoms with Crippen LogP contribution in [0.4, 0.5) is 11.4 Å². The van der Waals surface area contributed by atoms with E-state index in [0.29, 0.717) is 5.69 Å². The van der Waals surface area contributed by atoms with Gasteiger partial charge in [-0.25, -0.2) is 0 Å². The number of benzene rings is 1. The molecule has 0 spiro atoms. The maximum Gasteiger partial charge on any atom is 0.0743 e. The van der Waals surface area contributed by atoms with Crippen LogP contribution >= 0.6 is 0 Å². The number of hydrogen-bond acceptors (Lipinski definition) is 4. The van der Waals surface area contributed by atoms with Crippen molar-refractivity contribution in [3.63, 3.8) is 0 Å². The number of nitrogens with two attached hydrogens (primary N) is 1. The van der Waals surface area contributed by atoms with Gasteiger partial charge in [-0.15, -0.1) is 0 Å². The SMILES string of the molecule is CC(CO)C(C)Nc1c(N)cnc2ccccc12. The van der Waals surface area contributed by atoms with Crippen LogP contribution in [0.25, 0.3) is 10.9 Å². The molecule has 0 saturated carbocycles. The van der Waals surface area contributed by atoms with Crippen molar-refractivity contribution in [3.05, 3.63) is 30.5 Å². The summed E-state index contributed by atoms with van der Waals surface area (Å²) >= 11 is 0. The van der Waals surface area contributed by atoms with E-state index in [1.807, 2.05) is 38.1 Å². The van der Waals surface area contributed by atoms with E-state index in [1.165, 1.54) is 0 Å². The molecule has 4 nitrogen and oxygen atoms in total. The third kappa shape index (κ3) is 2.38. The van der Waals surface area contributed by atoms with E-state index in [0.717, 1.165) is 16.6 Å². The largest absolute Gasteiger partial charge is 0.396 e. The van der Waals surface area contributed by atoms with Crippen molar-refractivity contribution in [1.29, 1.82) is 0 Å². The molecule has 18 heavy (non-hydrogen) atoms. The number of para-hydroxylation sites is 1. The molecule has 1 heterocycles. The number of rotatable bonds is 4. The van der Waals surface area contributed by atoms with Crippen LogP contribution in [-0.2, 0) is 0 Å². The van der Waals surface area contributed by atoms with Gasteiger partial charge in [0.2, 0.25) is 0 Å². The number of nitrogen functional groups attached to an aromatic ring is 1. The molecule has 0 aliphatic rings. The minimum absolute atomic E-state index is 0.142. The number of hydrogen-bond donors (Lipinski definition) is 3. The van der Waals surface area contributed by atoms with Crippen LogP contribution in [0.5, 0.6) is 0 Å². The Morgan fingerprint density at radius 1 is 1.33 bits per heavy atom. The average Bonchev–Trinajstić information content (AvgIpc) is 2.41. The second kappa shape index (κ2) is 5.23. The fourth-order valence-electron chi connectivity index (χ4n) is 1.85. The minimum atomic E-state index is 0.142. The fraction of sp³-hybridized carbons (Fsp3) is 0.357. The number of pyridine rings is 1. The number of aromatic nitrogens is 1. The van der Waals surface area contributed by atoms with Gasteiger partial charge in [0, 0.05) is 18.0 Å². The Morgan fingerprint density at radius 3 is 2.78 bits per heavy atom. The molecule has 0 amide bonds. The monoisotopic (exact) mass is 245 g/mol. The summed E-state index contributed by atoms with van der Waals surface area (Å²) in [5.74, 6) is 0.163. The van der Waals surface area contributed by atoms with Gasteiger partial charge in [-0.2, -0.15) is 0 Å². The molecular formula is C14H19N3O. The number of fused-ring (bicyclic) bond motifs is 1. The lowest BCUT2D eigenvalue weighted by Gasteiger charge is -2.22. The van der Waals surface area contributed by atoms with Crippen molar-refractivity contribution in [3.8, 4) is 0 Å². The summed E-state index contributed by atoms with van der Waals surface area (Å²) in [6.45, 7) is 4.18. The normalized spacial score (nSPS) is 14.4. The molecule has 0 aliphatic carbocycles. The van der Waals surface area contributed by atoms with Crippen molar-refractivity contribution in [2.24, 2.45) is 5.92 Å². The van der Waals surface area contributed by atoms with Crippen LogP contribution < -0.4 is 11.1 Å². The number of anilines is 2. The van der Waals surface area contributed by atoms with Crippen LogP contribution in [0.2, 0.25) is 0 Å². The molecule has 2 rings (SSSR count). The second-order valence-electron chi connectivity index (χ2n) is 4.70. The molecule has 0 radical (unpaired) electrons. The maximum atomic E-state index is 9.18. The third-order valence-corrected chi connectivity index (χ3v) is 3.32. The highest BCUT2D eigenvalue weighted by atomic mass is 16.3. The van der Waals surface area contributed by atoms with Crippen LogP contribution in [0.1, 0.15) is 13.8 Å². The Labute approximate surface area is 107 Å². The zero-order valence-electron chi connectivity index (χ0n) is 10.7. The predicted molar refractivity (Wildman–Crippen MR) is 75.5 cm³/mol. The zero-order chi connectivity index (χ0) is 13.1. The first-order valence-electron chi connectivity index (χ1n) is 6.14. The van der Waals surface area contributed by atoms with E-state index < -0.39 is 0 Å². The molecule has 2 aromatic rings. The van der Waals surface area contributed by atoms with E-state index in [4.69, 9.17) is 5.73 Å². The topological polar surface area (TPSA) is 71.2 Å². The van der Waals surface area contributed by atoms with Crippen LogP contribution in [-0.4, -0.2) is 22.7 Å². The molecule has 2 unspecified atom stereocenters. The number of aliphatic hydroxyl groups is 1. The van der Waals surface area contributed by atoms with Crippen molar-refractivity contribution < 1.29 is 5.11 Å². The summed E-state index contributed by atoms with van der Waals surface area (Å²) in [4.78, 5) is 4.30. The highest BCUT2D eigenvalue weighted by Crippen LogP contribution is 2.28. The van der Waals surface area contributed by atoms with Gasteiger partial charge in [0.1, 0.15) is 0 Å². The summed E-state index contributed by atoms with van der Waals surface area (Å²) in [5.41, 5.74) is 8.43. The fourth-order valence-corrected chi connectivity index (χ4v) is 1.85. The van der Waals surface area contributed by atoms with Crippen LogP contribution in [0.3, 0.4) is 0 Å². The Bertz CT molecular complexity index is 542. The predicted octanol–water partition coefficient (Wildman–Crippen LogP) is 2.25. The van der Waals surface area contributed by atoms with Gasteiger partial charge in [-0.3, -0.25) is 4.98 Å². The van der Waals surface area contributed by atoms with E-state index in [9.17, 15) is 5.11 Å². The molecule has 4 N–H and O–H groups in total. The highest BCUT2D eigenvalue weighted by molar-refractivity contribution is 5.96. The number of nitrogens with one attached hydrogen (secondary N) is 1. The zero-order valence-corrected chi connectivity index (χ0v) is 10.7. The van der Waals surface area contributed by atoms with Gasteiger partial charge in [0.25, 0.3) is 0 Å². The molecule has 0 saturated heterocycles. The van der Waals surface area contributed by atoms with Gasteiger partial charge >= 0.3 is 0 Å². The van der Waals surface area contributed by atoms with Crippen molar-refractivity contribution in [2.75, 3.05) is 17.7 Å². The maximum absolute atomic E-state index is 9.18. The number of aliphatic hydroxyl groups excluding tert-OH is 1. The minimum Gasteiger partial charge on any atom is -0.396 e. The van der Waals surface area contributed by atoms with E-state index in [1.54, 1.807) is 6.20 Å². The molecular weight excluding hydrogens is 226 g/mol. The van der Waals surface area contributed by atoms with Crippen molar-refractivity contribution >= 4 is 22.3 Å². The van der Waals surface area contributed by atoms with Gasteiger partial charge in [-0.05, 0) is 18.9 Å². The molecule has 1 aromatic carbocycles. The highest BCUT2D eigenvalue weighted by Gasteiger charge is 2.14. The Morgan fingerprint density at radius 2 is 2.06 bits per heavy atom. The van der Waals surface area contributed by atoms with E-state index in [2.05, 4.69) is 10.3 Å². The van der Waals surface area contributed by atoms with Crippen LogP contribution in [0, 0.1) is 5.92 Å². The van der Waals surface area contributed by atoms with Crippen molar-refractivity contribution in [2.45, 2.75) is 19.9 Å². The van der Waals surface area contributed by atoms with E-state index in [-0.39, 0.29) is 18.6 Å². The summed E-state index contributed by atoms with van der Waals surface area (Å²) < 4.78 is 0. The molecule has 0 bridgehead atoms. The summed E-state index contributed by atoms with van der Waals surface area (Å²) in [6, 6.07) is 8.02. The second-order valence-corrected chi connectivity index (χ2v) is 4.70. The average molecular weight is 245 g/mol. The third-order valence-electron chi connectivity index (χ3n) is 3.32. The van der Waals surface area contributed by atoms with Crippen LogP contribution in [0.15, 0.2) is 30.5 Å². The standard InChI is InChI=1S/C14H19N3O/c1-9(8-18)10(2)17-14-11-5-3-4-6-13(11)16-7-12(14)15/h3-7,9-10,18H,8,15H2,1-2H3,(H,16,17). The Balaban J connectivity index is 2.40. The lowest BCUT2D eigenvalue weighted by atomic mass is 10.0. The van der Waals surface area contributed by atoms with Gasteiger partial charge in [-0.1, -0.05) is 25.1 Å². The summed E-state index contributed by atoms with van der Waals surface area (Å²) in [7, 11) is 0. The number of nitrogens with zero attached hydrogens (tertiary/aromatic N) is 1. The molecule has 0 fully saturated rings. The Kier molecular flexibility index (Phi) is 3.67. The smallest absolute Gasteiger partial charge is 0.0743 e. The molecule has 0 aliphatic heterocycles. The molecule has 1 aromatic heterocycles. The molecule has 96 valence electrons. The Hall–Kier alpha value is -1.81.